The van der Waals surface area contributed by atoms with Crippen molar-refractivity contribution in [1.29, 1.82) is 0 Å². The zero-order chi connectivity index (χ0) is 23.2. The summed E-state index contributed by atoms with van der Waals surface area (Å²) in [6, 6.07) is 5.75. The van der Waals surface area contributed by atoms with Crippen molar-refractivity contribution < 1.29 is 13.9 Å². The van der Waals surface area contributed by atoms with Crippen LogP contribution in [-0.2, 0) is 6.54 Å². The number of nitrogens with zero attached hydrogens (tertiary/aromatic N) is 6. The molecule has 4 aromatic rings. The van der Waals surface area contributed by atoms with Gasteiger partial charge in [0.15, 0.2) is 5.65 Å². The predicted molar refractivity (Wildman–Crippen MR) is 121 cm³/mol. The minimum Gasteiger partial charge on any atom is -0.390 e. The summed E-state index contributed by atoms with van der Waals surface area (Å²) in [5.41, 5.74) is 2.72. The maximum Gasteiger partial charge on any atom is 0.256 e. The lowest BCUT2D eigenvalue weighted by atomic mass is 9.80. The molecular weight excluding hydrogens is 428 g/mol. The summed E-state index contributed by atoms with van der Waals surface area (Å²) in [6.07, 6.45) is 5.15. The van der Waals surface area contributed by atoms with Gasteiger partial charge in [0.2, 0.25) is 5.95 Å². The van der Waals surface area contributed by atoms with E-state index in [9.17, 15) is 13.9 Å². The van der Waals surface area contributed by atoms with Gasteiger partial charge in [-0.15, -0.1) is 5.10 Å². The molecule has 0 atom stereocenters. The van der Waals surface area contributed by atoms with E-state index in [4.69, 9.17) is 0 Å². The van der Waals surface area contributed by atoms with Crippen molar-refractivity contribution in [2.45, 2.75) is 70.6 Å². The number of alkyl halides is 2. The van der Waals surface area contributed by atoms with Gasteiger partial charge in [0.05, 0.1) is 29.6 Å². The van der Waals surface area contributed by atoms with E-state index < -0.39 is 18.6 Å². The number of aryl methyl sites for hydroxylation is 1. The quantitative estimate of drug-likeness (QED) is 0.452. The summed E-state index contributed by atoms with van der Waals surface area (Å²) in [5, 5.41) is 18.4. The predicted octanol–water partition coefficient (Wildman–Crippen LogP) is 4.21. The molecule has 1 fully saturated rings. The van der Waals surface area contributed by atoms with Crippen LogP contribution in [0.1, 0.15) is 44.9 Å². The topological polar surface area (TPSA) is 93.2 Å². The molecule has 0 spiro atoms. The highest BCUT2D eigenvalue weighted by Crippen LogP contribution is 2.32. The molecule has 0 bridgehead atoms. The maximum absolute atomic E-state index is 13.0. The van der Waals surface area contributed by atoms with E-state index in [1.807, 2.05) is 25.3 Å². The Morgan fingerprint density at radius 1 is 1.21 bits per heavy atom. The maximum atomic E-state index is 13.0. The van der Waals surface area contributed by atoms with E-state index in [0.29, 0.717) is 28.6 Å². The molecule has 4 heterocycles. The summed E-state index contributed by atoms with van der Waals surface area (Å²) in [7, 11) is 0. The van der Waals surface area contributed by atoms with Crippen LogP contribution in [0.2, 0.25) is 0 Å². The molecule has 0 aliphatic heterocycles. The molecular formula is C23H27F2N7O. The highest BCUT2D eigenvalue weighted by atomic mass is 19.3. The van der Waals surface area contributed by atoms with Gasteiger partial charge in [-0.1, -0.05) is 6.92 Å². The van der Waals surface area contributed by atoms with Crippen LogP contribution in [0.5, 0.6) is 0 Å². The minimum atomic E-state index is -2.49. The lowest BCUT2D eigenvalue weighted by Gasteiger charge is -2.35. The number of nitrogens with one attached hydrogen (secondary N) is 1. The Kier molecular flexibility index (Phi) is 5.48. The molecule has 8 nitrogen and oxygen atoms in total. The van der Waals surface area contributed by atoms with Gasteiger partial charge in [0.25, 0.3) is 6.43 Å². The van der Waals surface area contributed by atoms with Gasteiger partial charge in [-0.2, -0.15) is 0 Å². The smallest absolute Gasteiger partial charge is 0.256 e. The molecule has 0 aromatic carbocycles. The molecule has 1 aliphatic rings. The lowest BCUT2D eigenvalue weighted by Crippen LogP contribution is -2.38. The first-order valence-corrected chi connectivity index (χ1v) is 11.3. The van der Waals surface area contributed by atoms with E-state index in [0.717, 1.165) is 43.2 Å². The minimum absolute atomic E-state index is 0.228. The number of pyridine rings is 1. The number of aliphatic hydroxyl groups is 1. The van der Waals surface area contributed by atoms with Crippen LogP contribution in [0, 0.1) is 6.92 Å². The lowest BCUT2D eigenvalue weighted by molar-refractivity contribution is -0.00198. The Labute approximate surface area is 189 Å². The fourth-order valence-corrected chi connectivity index (χ4v) is 4.64. The van der Waals surface area contributed by atoms with Crippen molar-refractivity contribution in [2.24, 2.45) is 0 Å². The third kappa shape index (κ3) is 4.15. The average molecular weight is 456 g/mol. The molecule has 1 saturated carbocycles. The van der Waals surface area contributed by atoms with E-state index in [1.165, 1.54) is 4.57 Å². The number of fused-ring (bicyclic) bond motifs is 2. The largest absolute Gasteiger partial charge is 0.390 e. The third-order valence-electron chi connectivity index (χ3n) is 6.70. The van der Waals surface area contributed by atoms with Gasteiger partial charge in [-0.25, -0.2) is 28.2 Å². The standard InChI is InChI=1S/C23H27F2N7O/c1-3-23(33)9-6-15(7-10-23)28-22-26-12-19-16(8-11-32(19)30-22)17-4-5-18-21(29-17)31(13-20(24)25)14(2)27-18/h4-5,8,11-12,15,20,33H,3,6-7,9-10,13H2,1-2H3,(H,28,30). The van der Waals surface area contributed by atoms with Crippen molar-refractivity contribution in [1.82, 2.24) is 29.1 Å². The van der Waals surface area contributed by atoms with Crippen LogP contribution < -0.4 is 5.32 Å². The highest BCUT2D eigenvalue weighted by Gasteiger charge is 2.31. The van der Waals surface area contributed by atoms with Crippen molar-refractivity contribution in [3.63, 3.8) is 0 Å². The molecule has 10 heteroatoms. The first-order valence-electron chi connectivity index (χ1n) is 11.3. The molecule has 0 radical (unpaired) electrons. The van der Waals surface area contributed by atoms with Crippen molar-refractivity contribution in [3.05, 3.63) is 36.4 Å². The van der Waals surface area contributed by atoms with Crippen LogP contribution in [0.3, 0.4) is 0 Å². The molecule has 1 aliphatic carbocycles. The Morgan fingerprint density at radius 3 is 2.73 bits per heavy atom. The normalized spacial score (nSPS) is 21.3. The van der Waals surface area contributed by atoms with Crippen LogP contribution in [0.4, 0.5) is 14.7 Å². The Bertz CT molecular complexity index is 1290. The van der Waals surface area contributed by atoms with Gasteiger partial charge in [0, 0.05) is 17.8 Å². The number of halogens is 2. The van der Waals surface area contributed by atoms with Gasteiger partial charge >= 0.3 is 0 Å². The second kappa shape index (κ2) is 8.33. The van der Waals surface area contributed by atoms with Gasteiger partial charge in [-0.05, 0) is 57.2 Å². The molecule has 0 unspecified atom stereocenters. The summed E-state index contributed by atoms with van der Waals surface area (Å²) in [6.45, 7) is 3.29. The second-order valence-corrected chi connectivity index (χ2v) is 8.84. The zero-order valence-electron chi connectivity index (χ0n) is 18.7. The average Bonchev–Trinajstić information content (AvgIpc) is 3.35. The third-order valence-corrected chi connectivity index (χ3v) is 6.70. The zero-order valence-corrected chi connectivity index (χ0v) is 18.7. The molecule has 0 amide bonds. The summed E-state index contributed by atoms with van der Waals surface area (Å²) in [4.78, 5) is 13.5. The van der Waals surface area contributed by atoms with E-state index >= 15 is 0 Å². The number of aromatic nitrogens is 6. The fraction of sp³-hybridized carbons (Fsp3) is 0.478. The van der Waals surface area contributed by atoms with Crippen LogP contribution in [0.15, 0.2) is 30.6 Å². The number of hydrogen-bond donors (Lipinski definition) is 2. The molecule has 5 rings (SSSR count). The molecule has 2 N–H and O–H groups in total. The van der Waals surface area contributed by atoms with Gasteiger partial charge in [-0.3, -0.25) is 0 Å². The second-order valence-electron chi connectivity index (χ2n) is 8.84. The van der Waals surface area contributed by atoms with Crippen molar-refractivity contribution in [2.75, 3.05) is 5.32 Å². The van der Waals surface area contributed by atoms with E-state index in [-0.39, 0.29) is 6.04 Å². The number of imidazole rings is 1. The van der Waals surface area contributed by atoms with Gasteiger partial charge in [0.1, 0.15) is 11.3 Å². The molecule has 174 valence electrons. The van der Waals surface area contributed by atoms with Crippen LogP contribution >= 0.6 is 0 Å². The van der Waals surface area contributed by atoms with E-state index in [2.05, 4.69) is 25.4 Å². The van der Waals surface area contributed by atoms with Gasteiger partial charge < -0.3 is 15.0 Å². The van der Waals surface area contributed by atoms with E-state index in [1.54, 1.807) is 23.7 Å². The van der Waals surface area contributed by atoms with Crippen LogP contribution in [-0.4, -0.2) is 52.3 Å². The first kappa shape index (κ1) is 21.7. The Morgan fingerprint density at radius 2 is 2.00 bits per heavy atom. The number of rotatable bonds is 6. The summed E-state index contributed by atoms with van der Waals surface area (Å²) >= 11 is 0. The molecule has 33 heavy (non-hydrogen) atoms. The summed E-state index contributed by atoms with van der Waals surface area (Å²) < 4.78 is 29.3. The number of hydrogen-bond acceptors (Lipinski definition) is 6. The fourth-order valence-electron chi connectivity index (χ4n) is 4.64. The number of anilines is 1. The monoisotopic (exact) mass is 455 g/mol. The Hall–Kier alpha value is -3.14. The van der Waals surface area contributed by atoms with Crippen molar-refractivity contribution in [3.8, 4) is 11.3 Å². The molecule has 0 saturated heterocycles. The first-order chi connectivity index (χ1) is 15.8. The molecule has 4 aromatic heterocycles. The Balaban J connectivity index is 1.40. The van der Waals surface area contributed by atoms with Crippen molar-refractivity contribution >= 4 is 22.6 Å². The summed E-state index contributed by atoms with van der Waals surface area (Å²) in [5.74, 6) is 1.04. The highest BCUT2D eigenvalue weighted by molar-refractivity contribution is 5.82. The van der Waals surface area contributed by atoms with Crippen LogP contribution in [0.25, 0.3) is 27.9 Å². The SMILES string of the molecule is CCC1(O)CCC(Nc2ncc3c(-c4ccc5nc(C)n(CC(F)F)c5n4)ccn3n2)CC1.